The molecule has 2 aromatic carbocycles. The molecule has 0 radical (unpaired) electrons. The molecule has 1 heterocycles. The number of halogens is 3. The second-order valence-electron chi connectivity index (χ2n) is 5.65. The maximum Gasteiger partial charge on any atom is 0.493 e. The molecule has 2 aromatic rings. The summed E-state index contributed by atoms with van der Waals surface area (Å²) >= 11 is 18.2. The van der Waals surface area contributed by atoms with Crippen LogP contribution in [0, 0.1) is 5.92 Å². The summed E-state index contributed by atoms with van der Waals surface area (Å²) in [4.78, 5) is 0. The molecule has 2 nitrogen and oxygen atoms in total. The summed E-state index contributed by atoms with van der Waals surface area (Å²) in [6, 6.07) is 11.6. The van der Waals surface area contributed by atoms with Gasteiger partial charge in [0.15, 0.2) is 0 Å². The maximum atomic E-state index is 6.09. The van der Waals surface area contributed by atoms with Crippen LogP contribution in [0.5, 0.6) is 0 Å². The lowest BCUT2D eigenvalue weighted by atomic mass is 9.77. The first-order valence-corrected chi connectivity index (χ1v) is 8.70. The predicted octanol–water partition coefficient (Wildman–Crippen LogP) is 5.08. The van der Waals surface area contributed by atoms with Gasteiger partial charge in [0.05, 0.1) is 15.1 Å². The van der Waals surface area contributed by atoms with E-state index < -0.39 is 0 Å². The molecule has 1 aliphatic rings. The zero-order chi connectivity index (χ0) is 16.4. The Balaban J connectivity index is 1.77. The molecule has 1 saturated heterocycles. The normalized spacial score (nSPS) is 15.9. The van der Waals surface area contributed by atoms with Crippen LogP contribution >= 0.6 is 34.8 Å². The van der Waals surface area contributed by atoms with Gasteiger partial charge in [0, 0.05) is 19.1 Å². The molecule has 0 unspecified atom stereocenters. The summed E-state index contributed by atoms with van der Waals surface area (Å²) in [6.07, 6.45) is 1.07. The highest BCUT2D eigenvalue weighted by Crippen LogP contribution is 2.34. The van der Waals surface area contributed by atoms with Gasteiger partial charge >= 0.3 is 7.12 Å². The third kappa shape index (κ3) is 3.86. The van der Waals surface area contributed by atoms with Crippen molar-refractivity contribution < 1.29 is 9.31 Å². The molecule has 6 heteroatoms. The van der Waals surface area contributed by atoms with Crippen molar-refractivity contribution in [2.45, 2.75) is 13.3 Å². The lowest BCUT2D eigenvalue weighted by Crippen LogP contribution is -2.44. The lowest BCUT2D eigenvalue weighted by Gasteiger charge is -2.26. The first-order valence-electron chi connectivity index (χ1n) is 7.56. The Morgan fingerprint density at radius 1 is 0.957 bits per heavy atom. The monoisotopic (exact) mass is 368 g/mol. The standard InChI is InChI=1S/C17H16BCl3O2/c1-2-11-9-22-18(23-10-11)14-5-3-12(4-6-14)13-7-15(19)17(21)16(20)8-13/h3-8,11H,2,9-10H2,1H3. The van der Waals surface area contributed by atoms with Gasteiger partial charge in [-0.05, 0) is 35.1 Å². The molecule has 0 spiro atoms. The molecule has 0 aliphatic carbocycles. The molecule has 0 bridgehead atoms. The summed E-state index contributed by atoms with van der Waals surface area (Å²) in [5, 5.41) is 1.27. The lowest BCUT2D eigenvalue weighted by molar-refractivity contribution is 0.0850. The Labute approximate surface area is 151 Å². The van der Waals surface area contributed by atoms with E-state index in [4.69, 9.17) is 44.1 Å². The summed E-state index contributed by atoms with van der Waals surface area (Å²) in [7, 11) is -0.288. The van der Waals surface area contributed by atoms with Crippen LogP contribution in [0.15, 0.2) is 36.4 Å². The second kappa shape index (κ2) is 7.46. The van der Waals surface area contributed by atoms with Gasteiger partial charge in [0.1, 0.15) is 0 Å². The minimum absolute atomic E-state index is 0.288. The van der Waals surface area contributed by atoms with Crippen molar-refractivity contribution in [2.24, 2.45) is 5.92 Å². The van der Waals surface area contributed by atoms with Crippen molar-refractivity contribution in [3.05, 3.63) is 51.5 Å². The SMILES string of the molecule is CCC1COB(c2ccc(-c3cc(Cl)c(Cl)c(Cl)c3)cc2)OC1. The van der Waals surface area contributed by atoms with Gasteiger partial charge in [-0.25, -0.2) is 0 Å². The third-order valence-corrected chi connectivity index (χ3v) is 5.24. The van der Waals surface area contributed by atoms with E-state index in [9.17, 15) is 0 Å². The molecule has 0 saturated carbocycles. The first-order chi connectivity index (χ1) is 11.1. The van der Waals surface area contributed by atoms with Crippen molar-refractivity contribution in [3.63, 3.8) is 0 Å². The molecule has 0 aromatic heterocycles. The summed E-state index contributed by atoms with van der Waals surface area (Å²) in [5.41, 5.74) is 2.94. The van der Waals surface area contributed by atoms with E-state index in [2.05, 4.69) is 6.92 Å². The van der Waals surface area contributed by atoms with Gasteiger partial charge in [-0.2, -0.15) is 0 Å². The van der Waals surface area contributed by atoms with Crippen LogP contribution in [-0.4, -0.2) is 20.3 Å². The summed E-state index contributed by atoms with van der Waals surface area (Å²) in [6.45, 7) is 3.63. The summed E-state index contributed by atoms with van der Waals surface area (Å²) < 4.78 is 11.6. The van der Waals surface area contributed by atoms with Crippen LogP contribution in [0.25, 0.3) is 11.1 Å². The molecule has 23 heavy (non-hydrogen) atoms. The fourth-order valence-electron chi connectivity index (χ4n) is 2.53. The molecule has 1 aliphatic heterocycles. The van der Waals surface area contributed by atoms with Crippen molar-refractivity contribution >= 4 is 47.4 Å². The Morgan fingerprint density at radius 3 is 2.04 bits per heavy atom. The molecule has 0 atom stereocenters. The number of hydrogen-bond acceptors (Lipinski definition) is 2. The number of hydrogen-bond donors (Lipinski definition) is 0. The van der Waals surface area contributed by atoms with E-state index in [1.807, 2.05) is 36.4 Å². The van der Waals surface area contributed by atoms with Crippen LogP contribution in [0.4, 0.5) is 0 Å². The zero-order valence-corrected chi connectivity index (χ0v) is 15.0. The second-order valence-corrected chi connectivity index (χ2v) is 6.84. The smallest absolute Gasteiger partial charge is 0.407 e. The molecule has 0 amide bonds. The highest BCUT2D eigenvalue weighted by molar-refractivity contribution is 6.61. The van der Waals surface area contributed by atoms with Crippen molar-refractivity contribution in [1.29, 1.82) is 0 Å². The Hall–Kier alpha value is -0.705. The Morgan fingerprint density at radius 2 is 1.52 bits per heavy atom. The average Bonchev–Trinajstić information content (AvgIpc) is 2.59. The van der Waals surface area contributed by atoms with E-state index >= 15 is 0 Å². The van der Waals surface area contributed by atoms with Gasteiger partial charge in [0.25, 0.3) is 0 Å². The molecule has 0 N–H and O–H groups in total. The minimum atomic E-state index is -0.288. The van der Waals surface area contributed by atoms with Crippen LogP contribution in [0.1, 0.15) is 13.3 Å². The van der Waals surface area contributed by atoms with Gasteiger partial charge in [-0.15, -0.1) is 0 Å². The quantitative estimate of drug-likeness (QED) is 0.555. The Kier molecular flexibility index (Phi) is 5.55. The van der Waals surface area contributed by atoms with Gasteiger partial charge in [-0.3, -0.25) is 0 Å². The van der Waals surface area contributed by atoms with E-state index in [0.717, 1.165) is 36.2 Å². The topological polar surface area (TPSA) is 18.5 Å². The first kappa shape index (κ1) is 17.1. The Bertz CT molecular complexity index is 660. The number of benzene rings is 2. The van der Waals surface area contributed by atoms with Gasteiger partial charge in [0.2, 0.25) is 0 Å². The van der Waals surface area contributed by atoms with E-state index in [1.54, 1.807) is 0 Å². The van der Waals surface area contributed by atoms with E-state index in [-0.39, 0.29) is 7.12 Å². The van der Waals surface area contributed by atoms with Crippen LogP contribution in [0.2, 0.25) is 15.1 Å². The summed E-state index contributed by atoms with van der Waals surface area (Å²) in [5.74, 6) is 0.490. The molecular formula is C17H16BCl3O2. The minimum Gasteiger partial charge on any atom is -0.407 e. The third-order valence-electron chi connectivity index (χ3n) is 4.04. The fraction of sp³-hybridized carbons (Fsp3) is 0.294. The fourth-order valence-corrected chi connectivity index (χ4v) is 3.12. The van der Waals surface area contributed by atoms with Crippen LogP contribution in [0.3, 0.4) is 0 Å². The highest BCUT2D eigenvalue weighted by atomic mass is 35.5. The van der Waals surface area contributed by atoms with Gasteiger partial charge < -0.3 is 9.31 Å². The van der Waals surface area contributed by atoms with Crippen molar-refractivity contribution in [2.75, 3.05) is 13.2 Å². The maximum absolute atomic E-state index is 6.09. The van der Waals surface area contributed by atoms with Crippen molar-refractivity contribution in [1.82, 2.24) is 0 Å². The van der Waals surface area contributed by atoms with E-state index in [0.29, 0.717) is 21.0 Å². The average molecular weight is 369 g/mol. The largest absolute Gasteiger partial charge is 0.493 e. The predicted molar refractivity (Wildman–Crippen MR) is 98.0 cm³/mol. The van der Waals surface area contributed by atoms with Crippen LogP contribution < -0.4 is 5.46 Å². The zero-order valence-electron chi connectivity index (χ0n) is 12.7. The van der Waals surface area contributed by atoms with Crippen molar-refractivity contribution in [3.8, 4) is 11.1 Å². The molecular weight excluding hydrogens is 353 g/mol. The number of rotatable bonds is 3. The molecule has 120 valence electrons. The highest BCUT2D eigenvalue weighted by Gasteiger charge is 2.28. The van der Waals surface area contributed by atoms with Crippen LogP contribution in [-0.2, 0) is 9.31 Å². The van der Waals surface area contributed by atoms with E-state index in [1.165, 1.54) is 0 Å². The molecule has 1 fully saturated rings. The molecule has 3 rings (SSSR count). The van der Waals surface area contributed by atoms with Gasteiger partial charge in [-0.1, -0.05) is 66.0 Å².